The van der Waals surface area contributed by atoms with Gasteiger partial charge in [-0.05, 0) is 61.6 Å². The van der Waals surface area contributed by atoms with Crippen LogP contribution < -0.4 is 4.74 Å². The summed E-state index contributed by atoms with van der Waals surface area (Å²) in [5, 5.41) is 0.309. The van der Waals surface area contributed by atoms with E-state index < -0.39 is 18.7 Å². The van der Waals surface area contributed by atoms with Gasteiger partial charge in [0.15, 0.2) is 6.61 Å². The zero-order valence-electron chi connectivity index (χ0n) is 22.4. The normalized spacial score (nSPS) is 23.6. The van der Waals surface area contributed by atoms with Crippen LogP contribution >= 0.6 is 11.3 Å². The molecule has 3 aliphatic rings. The van der Waals surface area contributed by atoms with Crippen molar-refractivity contribution in [2.75, 3.05) is 33.3 Å². The fourth-order valence-electron chi connectivity index (χ4n) is 6.06. The minimum absolute atomic E-state index is 0.0258. The molecule has 0 atom stereocenters. The standard InChI is InChI=1S/C29H36F3N3O3S/c1-34-17-21-14-20(2-3-23(21)27(34)37)16-22(36)15-19-4-8-29(32,9-5-19)10-13-35-11-6-24-25(7-12-35)39-28(33-24)38-18-26(30)31/h2-3,14,19,26H,4-13,15-18H2,1H3. The molecule has 2 aliphatic heterocycles. The summed E-state index contributed by atoms with van der Waals surface area (Å²) in [4.78, 5) is 34.3. The van der Waals surface area contributed by atoms with Crippen molar-refractivity contribution < 1.29 is 27.5 Å². The maximum atomic E-state index is 15.7. The Morgan fingerprint density at radius 3 is 2.77 bits per heavy atom. The van der Waals surface area contributed by atoms with E-state index in [2.05, 4.69) is 9.88 Å². The second-order valence-corrected chi connectivity index (χ2v) is 12.4. The Bertz CT molecular complexity index is 1170. The van der Waals surface area contributed by atoms with Gasteiger partial charge in [-0.2, -0.15) is 0 Å². The van der Waals surface area contributed by atoms with Gasteiger partial charge >= 0.3 is 0 Å². The quantitative estimate of drug-likeness (QED) is 0.395. The Morgan fingerprint density at radius 2 is 2.00 bits per heavy atom. The van der Waals surface area contributed by atoms with Crippen molar-refractivity contribution in [1.82, 2.24) is 14.8 Å². The van der Waals surface area contributed by atoms with Crippen LogP contribution in [0.2, 0.25) is 0 Å². The van der Waals surface area contributed by atoms with Gasteiger partial charge in [-0.25, -0.2) is 18.2 Å². The van der Waals surface area contributed by atoms with Gasteiger partial charge in [0.2, 0.25) is 0 Å². The number of Topliss-reactive ketones (excluding diaryl/α,β-unsaturated/α-hetero) is 1. The number of alkyl halides is 3. The molecular weight excluding hydrogens is 527 g/mol. The minimum atomic E-state index is -2.51. The predicted molar refractivity (Wildman–Crippen MR) is 143 cm³/mol. The van der Waals surface area contributed by atoms with Crippen molar-refractivity contribution in [3.8, 4) is 5.19 Å². The van der Waals surface area contributed by atoms with Gasteiger partial charge in [-0.1, -0.05) is 23.5 Å². The lowest BCUT2D eigenvalue weighted by Crippen LogP contribution is -2.36. The minimum Gasteiger partial charge on any atom is -0.464 e. The smallest absolute Gasteiger partial charge is 0.273 e. The van der Waals surface area contributed by atoms with Crippen molar-refractivity contribution in [1.29, 1.82) is 0 Å². The summed E-state index contributed by atoms with van der Waals surface area (Å²) in [6, 6.07) is 5.67. The molecule has 2 aromatic rings. The Hall–Kier alpha value is -2.46. The van der Waals surface area contributed by atoms with E-state index in [-0.39, 0.29) is 17.6 Å². The molecule has 0 radical (unpaired) electrons. The first-order valence-corrected chi connectivity index (χ1v) is 14.7. The molecule has 0 spiro atoms. The lowest BCUT2D eigenvalue weighted by atomic mass is 9.76. The van der Waals surface area contributed by atoms with Gasteiger partial charge in [0.1, 0.15) is 11.5 Å². The molecule has 1 amide bonds. The Balaban J connectivity index is 1.03. The van der Waals surface area contributed by atoms with Crippen LogP contribution in [-0.2, 0) is 30.6 Å². The first-order valence-electron chi connectivity index (χ1n) is 13.9. The van der Waals surface area contributed by atoms with Crippen molar-refractivity contribution in [2.45, 2.75) is 76.4 Å². The van der Waals surface area contributed by atoms with Crippen LogP contribution in [0.5, 0.6) is 5.19 Å². The number of carbonyl (C=O) groups excluding carboxylic acids is 2. The number of benzene rings is 1. The first-order chi connectivity index (χ1) is 18.7. The number of hydrogen-bond acceptors (Lipinski definition) is 6. The largest absolute Gasteiger partial charge is 0.464 e. The number of hydrogen-bond donors (Lipinski definition) is 0. The van der Waals surface area contributed by atoms with Crippen molar-refractivity contribution >= 4 is 23.0 Å². The van der Waals surface area contributed by atoms with E-state index in [0.29, 0.717) is 56.8 Å². The molecule has 5 rings (SSSR count). The number of nitrogens with zero attached hydrogens (tertiary/aromatic N) is 3. The third-order valence-electron chi connectivity index (χ3n) is 8.36. The molecule has 39 heavy (non-hydrogen) atoms. The lowest BCUT2D eigenvalue weighted by Gasteiger charge is -2.35. The van der Waals surface area contributed by atoms with Crippen LogP contribution in [0.3, 0.4) is 0 Å². The summed E-state index contributed by atoms with van der Waals surface area (Å²) >= 11 is 1.34. The van der Waals surface area contributed by atoms with Crippen molar-refractivity contribution in [2.24, 2.45) is 5.92 Å². The van der Waals surface area contributed by atoms with E-state index >= 15 is 4.39 Å². The molecular formula is C29H36F3N3O3S. The molecule has 212 valence electrons. The molecule has 0 bridgehead atoms. The molecule has 1 fully saturated rings. The number of halogens is 3. The molecule has 1 aromatic carbocycles. The highest BCUT2D eigenvalue weighted by Crippen LogP contribution is 2.39. The van der Waals surface area contributed by atoms with Gasteiger partial charge in [0, 0.05) is 62.9 Å². The van der Waals surface area contributed by atoms with E-state index in [4.69, 9.17) is 4.74 Å². The number of aromatic nitrogens is 1. The fourth-order valence-corrected chi connectivity index (χ4v) is 7.02. The highest BCUT2D eigenvalue weighted by Gasteiger charge is 2.36. The number of fused-ring (bicyclic) bond motifs is 2. The van der Waals surface area contributed by atoms with Gasteiger partial charge in [-0.3, -0.25) is 9.59 Å². The Labute approximate surface area is 231 Å². The summed E-state index contributed by atoms with van der Waals surface area (Å²) in [7, 11) is 1.78. The predicted octanol–water partition coefficient (Wildman–Crippen LogP) is 5.26. The van der Waals surface area contributed by atoms with E-state index in [1.807, 2.05) is 18.2 Å². The average Bonchev–Trinajstić information content (AvgIpc) is 3.35. The maximum Gasteiger partial charge on any atom is 0.273 e. The van der Waals surface area contributed by atoms with E-state index in [1.54, 1.807) is 11.9 Å². The Kier molecular flexibility index (Phi) is 8.61. The summed E-state index contributed by atoms with van der Waals surface area (Å²) in [5.74, 6) is 0.431. The molecule has 0 saturated heterocycles. The van der Waals surface area contributed by atoms with Gasteiger partial charge < -0.3 is 14.5 Å². The van der Waals surface area contributed by atoms with Crippen LogP contribution in [-0.4, -0.2) is 71.9 Å². The maximum absolute atomic E-state index is 15.7. The zero-order valence-corrected chi connectivity index (χ0v) is 23.2. The van der Waals surface area contributed by atoms with Crippen molar-refractivity contribution in [3.05, 3.63) is 45.5 Å². The molecule has 1 aromatic heterocycles. The SMILES string of the molecule is CN1Cc2cc(CC(=O)CC3CCC(F)(CCN4CCc5nc(OCC(F)F)sc5CC4)CC3)ccc2C1=O. The fraction of sp³-hybridized carbons (Fsp3) is 0.621. The zero-order chi connectivity index (χ0) is 27.6. The highest BCUT2D eigenvalue weighted by atomic mass is 32.1. The summed E-state index contributed by atoms with van der Waals surface area (Å²) in [5.41, 5.74) is 2.36. The third-order valence-corrected chi connectivity index (χ3v) is 9.43. The molecule has 1 saturated carbocycles. The number of ether oxygens (including phenoxy) is 1. The van der Waals surface area contributed by atoms with Gasteiger partial charge in [0.25, 0.3) is 17.5 Å². The van der Waals surface area contributed by atoms with Crippen LogP contribution in [0, 0.1) is 5.92 Å². The van der Waals surface area contributed by atoms with Gasteiger partial charge in [0.05, 0.1) is 5.69 Å². The van der Waals surface area contributed by atoms with Crippen LogP contribution in [0.1, 0.15) is 70.6 Å². The molecule has 0 unspecified atom stereocenters. The average molecular weight is 564 g/mol. The first kappa shape index (κ1) is 28.1. The van der Waals surface area contributed by atoms with E-state index in [9.17, 15) is 18.4 Å². The summed E-state index contributed by atoms with van der Waals surface area (Å²) in [6.07, 6.45) is 2.74. The number of ketones is 1. The van der Waals surface area contributed by atoms with Gasteiger partial charge in [-0.15, -0.1) is 0 Å². The molecule has 10 heteroatoms. The van der Waals surface area contributed by atoms with Crippen molar-refractivity contribution in [3.63, 3.8) is 0 Å². The van der Waals surface area contributed by atoms with Crippen LogP contribution in [0.15, 0.2) is 18.2 Å². The molecule has 0 N–H and O–H groups in total. The van der Waals surface area contributed by atoms with Crippen LogP contribution in [0.4, 0.5) is 13.2 Å². The topological polar surface area (TPSA) is 62.7 Å². The lowest BCUT2D eigenvalue weighted by molar-refractivity contribution is -0.119. The number of rotatable bonds is 10. The Morgan fingerprint density at radius 1 is 1.23 bits per heavy atom. The van der Waals surface area contributed by atoms with E-state index in [0.717, 1.165) is 59.6 Å². The molecule has 1 aliphatic carbocycles. The summed E-state index contributed by atoms with van der Waals surface area (Å²) < 4.78 is 45.5. The molecule has 3 heterocycles. The van der Waals surface area contributed by atoms with E-state index in [1.165, 1.54) is 11.3 Å². The number of amides is 1. The number of carbonyl (C=O) groups is 2. The monoisotopic (exact) mass is 563 g/mol. The highest BCUT2D eigenvalue weighted by molar-refractivity contribution is 7.13. The third kappa shape index (κ3) is 7.01. The molecule has 6 nitrogen and oxygen atoms in total. The second kappa shape index (κ2) is 12.0. The summed E-state index contributed by atoms with van der Waals surface area (Å²) in [6.45, 7) is 2.19. The van der Waals surface area contributed by atoms with Crippen LogP contribution in [0.25, 0.3) is 0 Å². The number of thiazole rings is 1. The second-order valence-electron chi connectivity index (χ2n) is 11.3.